The Morgan fingerprint density at radius 3 is 2.37 bits per heavy atom. The number of aliphatic imine (C=N–C) groups is 1. The summed E-state index contributed by atoms with van der Waals surface area (Å²) in [6.45, 7) is 0.0823. The lowest BCUT2D eigenvalue weighted by atomic mass is 10.1. The van der Waals surface area contributed by atoms with Crippen molar-refractivity contribution in [2.45, 2.75) is 23.2 Å². The fraction of sp³-hybridized carbons (Fsp3) is 0.250. The molecular weight excluding hydrogens is 419 g/mol. The van der Waals surface area contributed by atoms with E-state index in [-0.39, 0.29) is 6.61 Å². The van der Waals surface area contributed by atoms with Crippen LogP contribution >= 0.6 is 10.0 Å². The molecule has 2 aromatic carbocycles. The van der Waals surface area contributed by atoms with Crippen LogP contribution in [0, 0.1) is 0 Å². The van der Waals surface area contributed by atoms with Crippen molar-refractivity contribution in [3.63, 3.8) is 0 Å². The van der Waals surface area contributed by atoms with Crippen LogP contribution in [-0.2, 0) is 16.7 Å². The third-order valence-corrected chi connectivity index (χ3v) is 8.28. The molecule has 4 N–H and O–H groups in total. The molecule has 0 saturated heterocycles. The molecule has 0 aliphatic carbocycles. The Morgan fingerprint density at radius 1 is 1.07 bits per heavy atom. The highest BCUT2D eigenvalue weighted by Crippen LogP contribution is 2.64. The number of rotatable bonds is 7. The van der Waals surface area contributed by atoms with Gasteiger partial charge in [-0.25, -0.2) is 4.79 Å². The lowest BCUT2D eigenvalue weighted by Crippen LogP contribution is -2.19. The zero-order valence-corrected chi connectivity index (χ0v) is 16.6. The second kappa shape index (κ2) is 8.39. The molecule has 2 aromatic rings. The van der Waals surface area contributed by atoms with E-state index < -0.39 is 33.8 Å². The maximum Gasteiger partial charge on any atom is 0.416 e. The van der Waals surface area contributed by atoms with Crippen molar-refractivity contribution in [1.29, 1.82) is 0 Å². The van der Waals surface area contributed by atoms with E-state index in [2.05, 4.69) is 4.99 Å². The topological polar surface area (TPSA) is 108 Å². The predicted molar refractivity (Wildman–Crippen MR) is 109 cm³/mol. The van der Waals surface area contributed by atoms with Gasteiger partial charge in [-0.1, -0.05) is 18.2 Å². The second-order valence-electron chi connectivity index (χ2n) is 6.76. The van der Waals surface area contributed by atoms with Crippen molar-refractivity contribution in [1.82, 2.24) is 0 Å². The van der Waals surface area contributed by atoms with Gasteiger partial charge >= 0.3 is 12.3 Å². The lowest BCUT2D eigenvalue weighted by Gasteiger charge is -2.35. The van der Waals surface area contributed by atoms with E-state index in [4.69, 9.17) is 16.2 Å². The summed E-state index contributed by atoms with van der Waals surface area (Å²) in [5.74, 6) is 0.278. The van der Waals surface area contributed by atoms with E-state index in [1.165, 1.54) is 12.1 Å². The van der Waals surface area contributed by atoms with Gasteiger partial charge in [0.25, 0.3) is 0 Å². The number of ether oxygens (including phenoxy) is 1. The highest BCUT2D eigenvalue weighted by Gasteiger charge is 2.35. The van der Waals surface area contributed by atoms with Crippen molar-refractivity contribution < 1.29 is 27.5 Å². The van der Waals surface area contributed by atoms with Crippen LogP contribution in [0.1, 0.15) is 27.9 Å². The highest BCUT2D eigenvalue weighted by molar-refractivity contribution is 8.43. The highest BCUT2D eigenvalue weighted by atomic mass is 32.3. The first-order valence-electron chi connectivity index (χ1n) is 8.96. The molecule has 1 unspecified atom stereocenters. The quantitative estimate of drug-likeness (QED) is 0.627. The number of benzene rings is 2. The Hall–Kier alpha value is -3.01. The number of nitrogens with zero attached hydrogens (tertiary/aromatic N) is 1. The summed E-state index contributed by atoms with van der Waals surface area (Å²) < 4.78 is 43.5. The van der Waals surface area contributed by atoms with Gasteiger partial charge in [-0.15, -0.1) is 0 Å². The molecule has 30 heavy (non-hydrogen) atoms. The van der Waals surface area contributed by atoms with E-state index in [9.17, 15) is 22.8 Å². The summed E-state index contributed by atoms with van der Waals surface area (Å²) in [6, 6.07) is 9.98. The number of hydrogen-bond acceptors (Lipinski definition) is 4. The summed E-state index contributed by atoms with van der Waals surface area (Å²) in [7, 11) is -1.90. The number of amides is 2. The van der Waals surface area contributed by atoms with Crippen LogP contribution in [0.15, 0.2) is 52.4 Å². The minimum atomic E-state index is -4.42. The van der Waals surface area contributed by atoms with Gasteiger partial charge in [0.05, 0.1) is 23.4 Å². The molecule has 1 aliphatic heterocycles. The fourth-order valence-corrected chi connectivity index (χ4v) is 7.03. The molecule has 0 bridgehead atoms. The molecule has 1 aliphatic rings. The third kappa shape index (κ3) is 4.59. The van der Waals surface area contributed by atoms with Crippen LogP contribution < -0.4 is 11.5 Å². The predicted octanol–water partition coefficient (Wildman–Crippen LogP) is 4.33. The van der Waals surface area contributed by atoms with E-state index >= 15 is 0 Å². The average molecular weight is 439 g/mol. The van der Waals surface area contributed by atoms with Gasteiger partial charge in [0.15, 0.2) is 0 Å². The van der Waals surface area contributed by atoms with Crippen LogP contribution in [0.5, 0.6) is 0 Å². The summed E-state index contributed by atoms with van der Waals surface area (Å²) >= 11 is 0. The molecule has 6 nitrogen and oxygen atoms in total. The minimum absolute atomic E-state index is 0.0823. The molecular formula is C20H20F3N3O3S. The first kappa shape index (κ1) is 21.7. The Balaban J connectivity index is 1.96. The molecule has 2 amide bonds. The van der Waals surface area contributed by atoms with Gasteiger partial charge in [0, 0.05) is 16.2 Å². The Morgan fingerprint density at radius 2 is 1.77 bits per heavy atom. The van der Waals surface area contributed by atoms with Crippen molar-refractivity contribution >= 4 is 33.3 Å². The van der Waals surface area contributed by atoms with Crippen molar-refractivity contribution in [3.05, 3.63) is 59.2 Å². The number of alkyl halides is 3. The number of nitrogens with two attached hydrogens (primary N) is 2. The summed E-state index contributed by atoms with van der Waals surface area (Å²) in [6.07, 6.45) is -4.87. The van der Waals surface area contributed by atoms with Crippen molar-refractivity contribution in [2.75, 3.05) is 12.4 Å². The van der Waals surface area contributed by atoms with E-state index in [1.807, 2.05) is 0 Å². The van der Waals surface area contributed by atoms with Crippen molar-refractivity contribution in [3.8, 4) is 0 Å². The maximum atomic E-state index is 12.9. The lowest BCUT2D eigenvalue weighted by molar-refractivity contribution is -0.137. The molecule has 1 heterocycles. The van der Waals surface area contributed by atoms with E-state index in [1.54, 1.807) is 23.7 Å². The van der Waals surface area contributed by atoms with E-state index in [0.717, 1.165) is 12.1 Å². The van der Waals surface area contributed by atoms with Crippen LogP contribution in [0.3, 0.4) is 0 Å². The van der Waals surface area contributed by atoms with Crippen molar-refractivity contribution in [2.24, 2.45) is 16.5 Å². The largest absolute Gasteiger partial charge is 0.450 e. The number of carbonyl (C=O) groups is 2. The maximum absolute atomic E-state index is 12.9. The standard InChI is InChI=1S/C20H20F3N3O3S/c21-20(22,23)14-7-5-13(6-8-14)11-30(10-2-9-29-19(25)28)12-26-16-4-1-3-15(17(16)30)18(24)27/h1,3-8,12H,2,9-11H2,(H2,24,27)(H2,25,28). The molecule has 0 saturated carbocycles. The van der Waals surface area contributed by atoms with Gasteiger partial charge in [0.1, 0.15) is 0 Å². The third-order valence-electron chi connectivity index (χ3n) is 4.66. The molecule has 0 radical (unpaired) electrons. The summed E-state index contributed by atoms with van der Waals surface area (Å²) in [5.41, 5.74) is 13.2. The van der Waals surface area contributed by atoms with Gasteiger partial charge < -0.3 is 16.2 Å². The number of primary amides is 2. The Labute approximate surface area is 172 Å². The zero-order chi connectivity index (χ0) is 21.9. The fourth-order valence-electron chi connectivity index (χ4n) is 3.37. The van der Waals surface area contributed by atoms with Crippen LogP contribution in [-0.4, -0.2) is 29.9 Å². The molecule has 0 spiro atoms. The molecule has 0 fully saturated rings. The Kier molecular flexibility index (Phi) is 6.06. The summed E-state index contributed by atoms with van der Waals surface area (Å²) in [5, 5.41) is 0. The second-order valence-corrected chi connectivity index (χ2v) is 9.96. The minimum Gasteiger partial charge on any atom is -0.450 e. The van der Waals surface area contributed by atoms with Crippen LogP contribution in [0.25, 0.3) is 0 Å². The smallest absolute Gasteiger partial charge is 0.416 e. The van der Waals surface area contributed by atoms with Gasteiger partial charge in [-0.2, -0.15) is 23.2 Å². The van der Waals surface area contributed by atoms with Gasteiger partial charge in [-0.3, -0.25) is 9.79 Å². The molecule has 10 heteroatoms. The van der Waals surface area contributed by atoms with E-state index in [0.29, 0.717) is 39.6 Å². The number of halogens is 3. The van der Waals surface area contributed by atoms with Crippen LogP contribution in [0.2, 0.25) is 0 Å². The first-order chi connectivity index (χ1) is 14.1. The number of hydrogen-bond donors (Lipinski definition) is 2. The van der Waals surface area contributed by atoms with Gasteiger partial charge in [-0.05, 0) is 42.0 Å². The molecule has 160 valence electrons. The summed E-state index contributed by atoms with van der Waals surface area (Å²) in [4.78, 5) is 28.1. The van der Waals surface area contributed by atoms with Gasteiger partial charge in [0.2, 0.25) is 5.91 Å². The molecule has 0 aromatic heterocycles. The zero-order valence-electron chi connectivity index (χ0n) is 15.8. The SMILES string of the molecule is NC(=O)OCCCS1(Cc2ccc(C(F)(F)F)cc2)C=Nc2cccc(C(N)=O)c21. The molecule has 3 rings (SSSR count). The first-order valence-corrected chi connectivity index (χ1v) is 11.0. The normalized spacial score (nSPS) is 19.7. The monoisotopic (exact) mass is 439 g/mol. The average Bonchev–Trinajstić information content (AvgIpc) is 3.03. The Bertz CT molecular complexity index is 993. The van der Waals surface area contributed by atoms with Crippen LogP contribution in [0.4, 0.5) is 23.7 Å². The number of carbonyl (C=O) groups excluding carboxylic acids is 2. The number of fused-ring (bicyclic) bond motifs is 1. The molecule has 1 atom stereocenters.